The lowest BCUT2D eigenvalue weighted by Crippen LogP contribution is -2.66. The zero-order chi connectivity index (χ0) is 38.8. The van der Waals surface area contributed by atoms with E-state index in [9.17, 15) is 35.7 Å². The molecule has 1 atom stereocenters. The van der Waals surface area contributed by atoms with Crippen LogP contribution < -0.4 is 0 Å². The summed E-state index contributed by atoms with van der Waals surface area (Å²) in [6, 6.07) is 0. The van der Waals surface area contributed by atoms with Crippen LogP contribution in [0.15, 0.2) is 0 Å². The number of rotatable bonds is 7. The minimum absolute atomic E-state index is 0.324. The SMILES string of the molecule is OCC1CCCCCCCCCCCCCCCCCCCCCCCCCCCCCCCCCCCC(CO)(CO)C(CO)(CO)C1(CO)CO. The van der Waals surface area contributed by atoms with Crippen molar-refractivity contribution in [3.8, 4) is 0 Å². The normalized spacial score (nSPS) is 25.3. The van der Waals surface area contributed by atoms with Crippen LogP contribution in [-0.2, 0) is 0 Å². The zero-order valence-corrected chi connectivity index (χ0v) is 34.9. The topological polar surface area (TPSA) is 142 Å². The Kier molecular flexibility index (Phi) is 32.4. The van der Waals surface area contributed by atoms with Crippen LogP contribution in [0, 0.1) is 22.2 Å². The molecule has 1 rings (SSSR count). The summed E-state index contributed by atoms with van der Waals surface area (Å²) in [5, 5.41) is 76.0. The van der Waals surface area contributed by atoms with E-state index in [4.69, 9.17) is 0 Å². The molecule has 7 N–H and O–H groups in total. The van der Waals surface area contributed by atoms with E-state index in [0.29, 0.717) is 19.3 Å². The van der Waals surface area contributed by atoms with Gasteiger partial charge in [0.05, 0.1) is 39.6 Å². The predicted octanol–water partition coefficient (Wildman–Crippen LogP) is 10.2. The maximum atomic E-state index is 11.0. The van der Waals surface area contributed by atoms with Gasteiger partial charge in [-0.1, -0.05) is 212 Å². The first kappa shape index (κ1) is 50.7. The van der Waals surface area contributed by atoms with Crippen LogP contribution in [0.3, 0.4) is 0 Å². The maximum Gasteiger partial charge on any atom is 0.0523 e. The lowest BCUT2D eigenvalue weighted by molar-refractivity contribution is -0.234. The molecular weight excluding hydrogens is 664 g/mol. The van der Waals surface area contributed by atoms with Crippen molar-refractivity contribution in [2.75, 3.05) is 46.2 Å². The fraction of sp³-hybridized carbons (Fsp3) is 1.00. The first-order chi connectivity index (χ1) is 26.0. The molecule has 0 spiro atoms. The van der Waals surface area contributed by atoms with E-state index in [2.05, 4.69) is 0 Å². The third-order valence-corrected chi connectivity index (χ3v) is 13.9. The van der Waals surface area contributed by atoms with Crippen molar-refractivity contribution in [1.82, 2.24) is 0 Å². The van der Waals surface area contributed by atoms with Gasteiger partial charge in [0.2, 0.25) is 0 Å². The van der Waals surface area contributed by atoms with Crippen molar-refractivity contribution in [2.45, 2.75) is 225 Å². The largest absolute Gasteiger partial charge is 0.396 e. The van der Waals surface area contributed by atoms with Crippen LogP contribution in [0.5, 0.6) is 0 Å². The molecule has 0 saturated heterocycles. The molecule has 1 aliphatic carbocycles. The Morgan fingerprint density at radius 2 is 0.528 bits per heavy atom. The average Bonchev–Trinajstić information content (AvgIpc) is 3.19. The molecule has 1 aliphatic rings. The Morgan fingerprint density at radius 1 is 0.283 bits per heavy atom. The molecule has 0 bridgehead atoms. The number of aliphatic hydroxyl groups is 7. The molecule has 1 fully saturated rings. The highest BCUT2D eigenvalue weighted by molar-refractivity contribution is 5.10. The molecule has 7 heteroatoms. The van der Waals surface area contributed by atoms with Gasteiger partial charge in [0.25, 0.3) is 0 Å². The summed E-state index contributed by atoms with van der Waals surface area (Å²) >= 11 is 0. The van der Waals surface area contributed by atoms with Crippen molar-refractivity contribution in [2.24, 2.45) is 22.2 Å². The fourth-order valence-corrected chi connectivity index (χ4v) is 9.86. The van der Waals surface area contributed by atoms with Crippen LogP contribution in [0.25, 0.3) is 0 Å². The van der Waals surface area contributed by atoms with Crippen LogP contribution >= 0.6 is 0 Å². The highest BCUT2D eigenvalue weighted by Gasteiger charge is 2.63. The molecule has 0 aromatic heterocycles. The van der Waals surface area contributed by atoms with Gasteiger partial charge in [-0.15, -0.1) is 0 Å². The van der Waals surface area contributed by atoms with Gasteiger partial charge in [0.1, 0.15) is 0 Å². The summed E-state index contributed by atoms with van der Waals surface area (Å²) in [6.45, 7) is -3.70. The number of aliphatic hydroxyl groups excluding tert-OH is 7. The quantitative estimate of drug-likeness (QED) is 0.137. The van der Waals surface area contributed by atoms with E-state index >= 15 is 0 Å². The van der Waals surface area contributed by atoms with Gasteiger partial charge >= 0.3 is 0 Å². The molecule has 318 valence electrons. The Balaban J connectivity index is 2.76. The van der Waals surface area contributed by atoms with E-state index in [-0.39, 0.29) is 6.61 Å². The molecular formula is C46H92O7. The molecule has 7 nitrogen and oxygen atoms in total. The lowest BCUT2D eigenvalue weighted by atomic mass is 9.46. The molecule has 0 heterocycles. The van der Waals surface area contributed by atoms with Gasteiger partial charge in [-0.3, -0.25) is 0 Å². The number of hydrogen-bond donors (Lipinski definition) is 7. The molecule has 0 radical (unpaired) electrons. The van der Waals surface area contributed by atoms with Crippen LogP contribution in [0.4, 0.5) is 0 Å². The summed E-state index contributed by atoms with van der Waals surface area (Å²) in [4.78, 5) is 0. The predicted molar refractivity (Wildman–Crippen MR) is 222 cm³/mol. The third-order valence-electron chi connectivity index (χ3n) is 13.9. The smallest absolute Gasteiger partial charge is 0.0523 e. The molecule has 53 heavy (non-hydrogen) atoms. The van der Waals surface area contributed by atoms with Crippen LogP contribution in [0.2, 0.25) is 0 Å². The molecule has 0 aromatic carbocycles. The summed E-state index contributed by atoms with van der Waals surface area (Å²) in [6.07, 6.45) is 42.8. The van der Waals surface area contributed by atoms with Gasteiger partial charge in [-0.05, 0) is 18.8 Å². The van der Waals surface area contributed by atoms with E-state index in [0.717, 1.165) is 38.5 Å². The molecule has 0 aliphatic heterocycles. The number of hydrogen-bond acceptors (Lipinski definition) is 7. The average molecular weight is 757 g/mol. The Labute approximate surface area is 328 Å². The molecule has 0 aromatic rings. The van der Waals surface area contributed by atoms with Crippen molar-refractivity contribution in [3.05, 3.63) is 0 Å². The van der Waals surface area contributed by atoms with Gasteiger partial charge in [-0.25, -0.2) is 0 Å². The Morgan fingerprint density at radius 3 is 0.736 bits per heavy atom. The van der Waals surface area contributed by atoms with Gasteiger partial charge in [0, 0.05) is 22.9 Å². The van der Waals surface area contributed by atoms with Crippen LogP contribution in [-0.4, -0.2) is 82.0 Å². The molecule has 1 saturated carbocycles. The second-order valence-corrected chi connectivity index (χ2v) is 17.6. The first-order valence-corrected chi connectivity index (χ1v) is 23.3. The second kappa shape index (κ2) is 33.8. The second-order valence-electron chi connectivity index (χ2n) is 17.6. The van der Waals surface area contributed by atoms with Crippen molar-refractivity contribution in [1.29, 1.82) is 0 Å². The standard InChI is InChI=1S/C46H92O7/c47-36-43-34-32-30-28-26-24-22-20-18-16-14-12-10-8-6-4-2-1-3-5-7-9-11-13-15-17-19-21-23-25-27-29-31-33-35-44(37-48,38-49)46(41-52,42-53)45(43,39-50)40-51/h43,47-53H,1-42H2. The fourth-order valence-electron chi connectivity index (χ4n) is 9.86. The van der Waals surface area contributed by atoms with Gasteiger partial charge < -0.3 is 35.7 Å². The molecule has 1 unspecified atom stereocenters. The summed E-state index contributed by atoms with van der Waals surface area (Å²) < 4.78 is 0. The van der Waals surface area contributed by atoms with E-state index in [1.807, 2.05) is 0 Å². The minimum atomic E-state index is -1.59. The summed E-state index contributed by atoms with van der Waals surface area (Å²) in [7, 11) is 0. The minimum Gasteiger partial charge on any atom is -0.396 e. The Bertz CT molecular complexity index is 765. The first-order valence-electron chi connectivity index (χ1n) is 23.3. The van der Waals surface area contributed by atoms with Crippen molar-refractivity contribution < 1.29 is 35.7 Å². The summed E-state index contributed by atoms with van der Waals surface area (Å²) in [5.41, 5.74) is -4.40. The highest BCUT2D eigenvalue weighted by Crippen LogP contribution is 2.57. The maximum absolute atomic E-state index is 11.0. The summed E-state index contributed by atoms with van der Waals surface area (Å²) in [5.74, 6) is -0.607. The monoisotopic (exact) mass is 757 g/mol. The van der Waals surface area contributed by atoms with Crippen LogP contribution in [0.1, 0.15) is 225 Å². The van der Waals surface area contributed by atoms with E-state index < -0.39 is 61.8 Å². The lowest BCUT2D eigenvalue weighted by Gasteiger charge is -2.59. The highest BCUT2D eigenvalue weighted by atomic mass is 16.3. The zero-order valence-electron chi connectivity index (χ0n) is 34.9. The van der Waals surface area contributed by atoms with Gasteiger partial charge in [-0.2, -0.15) is 0 Å². The Hall–Kier alpha value is -0.280. The third kappa shape index (κ3) is 18.7. The van der Waals surface area contributed by atoms with Crippen molar-refractivity contribution >= 4 is 0 Å². The van der Waals surface area contributed by atoms with E-state index in [1.165, 1.54) is 167 Å². The van der Waals surface area contributed by atoms with Crippen molar-refractivity contribution in [3.63, 3.8) is 0 Å². The van der Waals surface area contributed by atoms with Gasteiger partial charge in [0.15, 0.2) is 0 Å². The van der Waals surface area contributed by atoms with E-state index in [1.54, 1.807) is 0 Å². The molecule has 0 amide bonds.